The molecule has 6 rings (SSSR count). The van der Waals surface area contributed by atoms with E-state index in [0.717, 1.165) is 91.3 Å². The fourth-order valence-electron chi connectivity index (χ4n) is 6.42. The number of carbonyl (C=O) groups is 1. The largest absolute Gasteiger partial charge is 0.381 e. The second-order valence-electron chi connectivity index (χ2n) is 11.5. The summed E-state index contributed by atoms with van der Waals surface area (Å²) in [5.74, 6) is 1.93. The van der Waals surface area contributed by atoms with E-state index in [1.54, 1.807) is 6.92 Å². The number of hydrogen-bond donors (Lipinski definition) is 1. The lowest BCUT2D eigenvalue weighted by atomic mass is 9.93. The van der Waals surface area contributed by atoms with E-state index >= 15 is 0 Å². The number of nitrogens with zero attached hydrogens (tertiary/aromatic N) is 4. The van der Waals surface area contributed by atoms with Crippen LogP contribution < -0.4 is 5.32 Å². The van der Waals surface area contributed by atoms with Crippen LogP contribution in [-0.2, 0) is 17.7 Å². The Labute approximate surface area is 236 Å². The molecule has 5 heterocycles. The minimum Gasteiger partial charge on any atom is -0.381 e. The number of anilines is 2. The Kier molecular flexibility index (Phi) is 7.43. The Hall–Kier alpha value is -3.55. The van der Waals surface area contributed by atoms with Crippen molar-refractivity contribution in [1.82, 2.24) is 19.3 Å². The maximum absolute atomic E-state index is 13.1. The van der Waals surface area contributed by atoms with E-state index < -0.39 is 0 Å². The van der Waals surface area contributed by atoms with Crippen LogP contribution >= 0.6 is 0 Å². The summed E-state index contributed by atoms with van der Waals surface area (Å²) in [4.78, 5) is 25.4. The van der Waals surface area contributed by atoms with Crippen LogP contribution in [0.3, 0.4) is 0 Å². The van der Waals surface area contributed by atoms with Crippen molar-refractivity contribution in [3.63, 3.8) is 0 Å². The molecule has 4 aromatic rings. The van der Waals surface area contributed by atoms with E-state index in [1.807, 2.05) is 12.3 Å². The van der Waals surface area contributed by atoms with Crippen molar-refractivity contribution < 1.29 is 9.53 Å². The lowest BCUT2D eigenvalue weighted by Crippen LogP contribution is -2.22. The third-order valence-electron chi connectivity index (χ3n) is 8.49. The van der Waals surface area contributed by atoms with Crippen molar-refractivity contribution in [3.05, 3.63) is 76.7 Å². The highest BCUT2D eigenvalue weighted by molar-refractivity contribution is 6.03. The summed E-state index contributed by atoms with van der Waals surface area (Å²) >= 11 is 0. The first-order valence-corrected chi connectivity index (χ1v) is 14.6. The minimum atomic E-state index is 0.0388. The topological polar surface area (TPSA) is 71.8 Å². The third-order valence-corrected chi connectivity index (χ3v) is 8.49. The van der Waals surface area contributed by atoms with Gasteiger partial charge in [-0.05, 0) is 86.5 Å². The van der Waals surface area contributed by atoms with Crippen LogP contribution in [0.5, 0.6) is 0 Å². The summed E-state index contributed by atoms with van der Waals surface area (Å²) in [7, 11) is 0. The highest BCUT2D eigenvalue weighted by Gasteiger charge is 2.26. The molecule has 0 spiro atoms. The van der Waals surface area contributed by atoms with Crippen LogP contribution in [0, 0.1) is 12.8 Å². The van der Waals surface area contributed by atoms with Crippen molar-refractivity contribution in [3.8, 4) is 11.3 Å². The molecule has 2 fully saturated rings. The SMILES string of the molecule is CCc1c(-c2cnc3cc(C)ccn23)ccc(Nc2ccc([C@@H]3CCOC3)c(CN3CC[C@@H](C)C3)n2)c1C(C)=O. The van der Waals surface area contributed by atoms with Gasteiger partial charge in [0.05, 0.1) is 29.9 Å². The summed E-state index contributed by atoms with van der Waals surface area (Å²) in [6.07, 6.45) is 6.95. The van der Waals surface area contributed by atoms with Gasteiger partial charge < -0.3 is 10.1 Å². The molecule has 7 nitrogen and oxygen atoms in total. The fraction of sp³-hybridized carbons (Fsp3) is 0.424. The Morgan fingerprint density at radius 1 is 1.18 bits per heavy atom. The number of fused-ring (bicyclic) bond motifs is 1. The zero-order valence-electron chi connectivity index (χ0n) is 24.0. The van der Waals surface area contributed by atoms with Crippen LogP contribution in [-0.4, -0.2) is 51.4 Å². The van der Waals surface area contributed by atoms with Crippen LogP contribution in [0.25, 0.3) is 16.9 Å². The van der Waals surface area contributed by atoms with Gasteiger partial charge in [-0.3, -0.25) is 14.1 Å². The second-order valence-corrected chi connectivity index (χ2v) is 11.5. The molecule has 0 radical (unpaired) electrons. The molecule has 208 valence electrons. The molecule has 0 bridgehead atoms. The quantitative estimate of drug-likeness (QED) is 0.257. The van der Waals surface area contributed by atoms with E-state index in [-0.39, 0.29) is 5.78 Å². The number of hydrogen-bond acceptors (Lipinski definition) is 6. The monoisotopic (exact) mass is 537 g/mol. The fourth-order valence-corrected chi connectivity index (χ4v) is 6.42. The van der Waals surface area contributed by atoms with Crippen LogP contribution in [0.4, 0.5) is 11.5 Å². The highest BCUT2D eigenvalue weighted by atomic mass is 16.5. The molecule has 2 atom stereocenters. The van der Waals surface area contributed by atoms with Crippen molar-refractivity contribution in [2.24, 2.45) is 5.92 Å². The van der Waals surface area contributed by atoms with Crippen molar-refractivity contribution in [2.75, 3.05) is 31.6 Å². The Morgan fingerprint density at radius 3 is 2.77 bits per heavy atom. The number of benzene rings is 1. The van der Waals surface area contributed by atoms with Gasteiger partial charge in [-0.25, -0.2) is 9.97 Å². The predicted octanol–water partition coefficient (Wildman–Crippen LogP) is 6.56. The van der Waals surface area contributed by atoms with Gasteiger partial charge in [-0.15, -0.1) is 0 Å². The maximum Gasteiger partial charge on any atom is 0.162 e. The molecule has 0 saturated carbocycles. The van der Waals surface area contributed by atoms with Crippen molar-refractivity contribution >= 4 is 22.9 Å². The molecule has 7 heteroatoms. The van der Waals surface area contributed by atoms with Gasteiger partial charge in [-0.2, -0.15) is 0 Å². The zero-order valence-corrected chi connectivity index (χ0v) is 24.0. The number of likely N-dealkylation sites (tertiary alicyclic amines) is 1. The molecule has 0 aliphatic carbocycles. The first kappa shape index (κ1) is 26.7. The minimum absolute atomic E-state index is 0.0388. The first-order chi connectivity index (χ1) is 19.4. The van der Waals surface area contributed by atoms with Crippen LogP contribution in [0.15, 0.2) is 48.8 Å². The highest BCUT2D eigenvalue weighted by Crippen LogP contribution is 2.35. The lowest BCUT2D eigenvalue weighted by Gasteiger charge is -2.21. The molecule has 2 aliphatic heterocycles. The van der Waals surface area contributed by atoms with Gasteiger partial charge in [0.1, 0.15) is 11.5 Å². The number of aromatic nitrogens is 3. The van der Waals surface area contributed by atoms with E-state index in [1.165, 1.54) is 17.5 Å². The molecular weight excluding hydrogens is 498 g/mol. The summed E-state index contributed by atoms with van der Waals surface area (Å²) < 4.78 is 7.82. The van der Waals surface area contributed by atoms with Crippen molar-refractivity contribution in [1.29, 1.82) is 0 Å². The number of rotatable bonds is 8. The number of pyridine rings is 2. The molecular formula is C33H39N5O2. The zero-order chi connectivity index (χ0) is 27.8. The van der Waals surface area contributed by atoms with E-state index in [0.29, 0.717) is 11.5 Å². The second kappa shape index (κ2) is 11.1. The number of nitrogens with one attached hydrogen (secondary N) is 1. The van der Waals surface area contributed by atoms with Gasteiger partial charge in [0, 0.05) is 42.9 Å². The van der Waals surface area contributed by atoms with E-state index in [4.69, 9.17) is 9.72 Å². The van der Waals surface area contributed by atoms with Gasteiger partial charge in [0.15, 0.2) is 5.78 Å². The number of Topliss-reactive ketones (excluding diaryl/α,β-unsaturated/α-hetero) is 1. The van der Waals surface area contributed by atoms with E-state index in [2.05, 4.69) is 76.9 Å². The summed E-state index contributed by atoms with van der Waals surface area (Å²) in [6, 6.07) is 12.5. The maximum atomic E-state index is 13.1. The third kappa shape index (κ3) is 5.16. The van der Waals surface area contributed by atoms with E-state index in [9.17, 15) is 4.79 Å². The van der Waals surface area contributed by atoms with Gasteiger partial charge in [0.25, 0.3) is 0 Å². The lowest BCUT2D eigenvalue weighted by molar-refractivity contribution is 0.101. The molecule has 0 unspecified atom stereocenters. The molecule has 3 aromatic heterocycles. The number of ketones is 1. The number of ether oxygens (including phenoxy) is 1. The average molecular weight is 538 g/mol. The molecule has 2 saturated heterocycles. The first-order valence-electron chi connectivity index (χ1n) is 14.6. The normalized spacial score (nSPS) is 19.5. The smallest absolute Gasteiger partial charge is 0.162 e. The number of aryl methyl sites for hydroxylation is 1. The summed E-state index contributed by atoms with van der Waals surface area (Å²) in [5.41, 5.74) is 9.03. The molecule has 1 aromatic carbocycles. The van der Waals surface area contributed by atoms with Crippen molar-refractivity contribution in [2.45, 2.75) is 59.4 Å². The van der Waals surface area contributed by atoms with Gasteiger partial charge in [0.2, 0.25) is 0 Å². The average Bonchev–Trinajstić information content (AvgIpc) is 3.70. The summed E-state index contributed by atoms with van der Waals surface area (Å²) in [6.45, 7) is 12.8. The molecule has 40 heavy (non-hydrogen) atoms. The summed E-state index contributed by atoms with van der Waals surface area (Å²) in [5, 5.41) is 3.53. The standard InChI is InChI=1S/C33H39N5O2/c1-5-25-27(30-17-34-32-16-21(2)11-14-38(30)32)6-8-28(33(25)23(4)39)35-31-9-7-26(24-12-15-40-20-24)29(36-31)19-37-13-10-22(3)18-37/h6-9,11,14,16-17,22,24H,5,10,12-13,15,18-20H2,1-4H3,(H,35,36)/t22-,24-/m1/s1. The van der Waals surface area contributed by atoms with Gasteiger partial charge >= 0.3 is 0 Å². The number of carbonyl (C=O) groups excluding carboxylic acids is 1. The van der Waals surface area contributed by atoms with Gasteiger partial charge in [-0.1, -0.05) is 26.0 Å². The number of imidazole rings is 1. The predicted molar refractivity (Wildman–Crippen MR) is 160 cm³/mol. The molecule has 2 aliphatic rings. The Bertz CT molecular complexity index is 1550. The Balaban J connectivity index is 1.37. The molecule has 0 amide bonds. The van der Waals surface area contributed by atoms with Crippen LogP contribution in [0.1, 0.15) is 72.3 Å². The Morgan fingerprint density at radius 2 is 2.05 bits per heavy atom. The molecule has 1 N–H and O–H groups in total. The van der Waals surface area contributed by atoms with Crippen LogP contribution in [0.2, 0.25) is 0 Å².